The van der Waals surface area contributed by atoms with Gasteiger partial charge in [0.05, 0.1) is 5.92 Å². The van der Waals surface area contributed by atoms with Crippen LogP contribution < -0.4 is 0 Å². The van der Waals surface area contributed by atoms with Crippen molar-refractivity contribution in [2.45, 2.75) is 38.5 Å². The molecule has 1 aliphatic carbocycles. The second-order valence-corrected chi connectivity index (χ2v) is 5.90. The minimum Gasteiger partial charge on any atom is -0.480 e. The molecule has 0 radical (unpaired) electrons. The van der Waals surface area contributed by atoms with Crippen molar-refractivity contribution in [3.8, 4) is 0 Å². The predicted octanol–water partition coefficient (Wildman–Crippen LogP) is 2.49. The van der Waals surface area contributed by atoms with Gasteiger partial charge < -0.3 is 10.0 Å². The number of carbonyl (C=O) groups excluding carboxylic acids is 1. The molecule has 0 spiro atoms. The zero-order valence-electron chi connectivity index (χ0n) is 11.1. The predicted molar refractivity (Wildman–Crippen MR) is 74.5 cm³/mol. The molecular weight excluding hydrogens is 262 g/mol. The lowest BCUT2D eigenvalue weighted by Gasteiger charge is -2.28. The Hall–Kier alpha value is -1.36. The molecule has 4 nitrogen and oxygen atoms in total. The van der Waals surface area contributed by atoms with E-state index < -0.39 is 5.97 Å². The molecule has 104 valence electrons. The van der Waals surface area contributed by atoms with E-state index in [-0.39, 0.29) is 18.4 Å². The summed E-state index contributed by atoms with van der Waals surface area (Å²) in [4.78, 5) is 26.2. The van der Waals surface area contributed by atoms with E-state index in [1.807, 2.05) is 18.4 Å². The molecule has 0 aromatic carbocycles. The molecule has 19 heavy (non-hydrogen) atoms. The van der Waals surface area contributed by atoms with E-state index >= 15 is 0 Å². The summed E-state index contributed by atoms with van der Waals surface area (Å²) in [6.45, 7) is 2.28. The number of carboxylic acid groups (broad SMARTS) is 1. The third-order valence-electron chi connectivity index (χ3n) is 3.48. The van der Waals surface area contributed by atoms with Gasteiger partial charge in [-0.2, -0.15) is 0 Å². The number of hydrogen-bond donors (Lipinski definition) is 1. The van der Waals surface area contributed by atoms with Gasteiger partial charge in [-0.15, -0.1) is 11.3 Å². The van der Waals surface area contributed by atoms with Crippen molar-refractivity contribution in [2.75, 3.05) is 13.1 Å². The largest absolute Gasteiger partial charge is 0.480 e. The van der Waals surface area contributed by atoms with E-state index in [0.29, 0.717) is 6.54 Å². The highest BCUT2D eigenvalue weighted by Crippen LogP contribution is 2.36. The van der Waals surface area contributed by atoms with Crippen LogP contribution in [0.3, 0.4) is 0 Å². The van der Waals surface area contributed by atoms with E-state index in [4.69, 9.17) is 5.11 Å². The van der Waals surface area contributed by atoms with Crippen molar-refractivity contribution in [3.05, 3.63) is 21.9 Å². The Labute approximate surface area is 117 Å². The number of carbonyl (C=O) groups is 2. The summed E-state index contributed by atoms with van der Waals surface area (Å²) in [5.41, 5.74) is 1.12. The smallest absolute Gasteiger partial charge is 0.323 e. The molecule has 1 aliphatic rings. The van der Waals surface area contributed by atoms with Crippen LogP contribution in [-0.2, 0) is 16.0 Å². The van der Waals surface area contributed by atoms with Gasteiger partial charge in [-0.05, 0) is 42.7 Å². The SMILES string of the molecule is CCCN(CC(=O)O)C(=O)C1CCCc2sccc21. The molecule has 0 fully saturated rings. The Bertz CT molecular complexity index is 469. The second kappa shape index (κ2) is 6.19. The third-order valence-corrected chi connectivity index (χ3v) is 4.48. The first-order valence-corrected chi connectivity index (χ1v) is 7.58. The summed E-state index contributed by atoms with van der Waals surface area (Å²) in [6.07, 6.45) is 3.67. The fraction of sp³-hybridized carbons (Fsp3) is 0.571. The summed E-state index contributed by atoms with van der Waals surface area (Å²) in [5.74, 6) is -1.10. The van der Waals surface area contributed by atoms with Crippen LogP contribution in [0.1, 0.15) is 42.5 Å². The number of aliphatic carboxylic acids is 1. The Morgan fingerprint density at radius 3 is 3.00 bits per heavy atom. The number of hydrogen-bond acceptors (Lipinski definition) is 3. The Kier molecular flexibility index (Phi) is 4.58. The summed E-state index contributed by atoms with van der Waals surface area (Å²) >= 11 is 1.70. The molecule has 1 aromatic heterocycles. The molecule has 0 bridgehead atoms. The summed E-state index contributed by atoms with van der Waals surface area (Å²) in [7, 11) is 0. The van der Waals surface area contributed by atoms with E-state index in [9.17, 15) is 9.59 Å². The van der Waals surface area contributed by atoms with Crippen LogP contribution in [0.2, 0.25) is 0 Å². The molecule has 0 saturated carbocycles. The molecule has 5 heteroatoms. The molecule has 2 rings (SSSR count). The maximum absolute atomic E-state index is 12.6. The van der Waals surface area contributed by atoms with Gasteiger partial charge in [0.25, 0.3) is 0 Å². The van der Waals surface area contributed by atoms with Gasteiger partial charge in [0.1, 0.15) is 6.54 Å². The van der Waals surface area contributed by atoms with E-state index in [2.05, 4.69) is 0 Å². The number of fused-ring (bicyclic) bond motifs is 1. The average Bonchev–Trinajstić information content (AvgIpc) is 2.85. The van der Waals surface area contributed by atoms with Gasteiger partial charge in [0.15, 0.2) is 0 Å². The second-order valence-electron chi connectivity index (χ2n) is 4.90. The summed E-state index contributed by atoms with van der Waals surface area (Å²) in [5, 5.41) is 10.9. The first-order valence-electron chi connectivity index (χ1n) is 6.70. The lowest BCUT2D eigenvalue weighted by Crippen LogP contribution is -2.40. The van der Waals surface area contributed by atoms with Crippen molar-refractivity contribution in [2.24, 2.45) is 0 Å². The lowest BCUT2D eigenvalue weighted by atomic mass is 9.86. The maximum atomic E-state index is 12.6. The first kappa shape index (κ1) is 14.1. The molecule has 0 saturated heterocycles. The van der Waals surface area contributed by atoms with Crippen LogP contribution in [0.4, 0.5) is 0 Å². The molecule has 1 N–H and O–H groups in total. The number of carboxylic acids is 1. The van der Waals surface area contributed by atoms with Gasteiger partial charge in [0, 0.05) is 11.4 Å². The summed E-state index contributed by atoms with van der Waals surface area (Å²) in [6, 6.07) is 2.02. The quantitative estimate of drug-likeness (QED) is 0.902. The average molecular weight is 281 g/mol. The highest BCUT2D eigenvalue weighted by Gasteiger charge is 2.31. The maximum Gasteiger partial charge on any atom is 0.323 e. The van der Waals surface area contributed by atoms with Crippen molar-refractivity contribution in [3.63, 3.8) is 0 Å². The van der Waals surface area contributed by atoms with E-state index in [1.165, 1.54) is 9.78 Å². The highest BCUT2D eigenvalue weighted by molar-refractivity contribution is 7.10. The van der Waals surface area contributed by atoms with Crippen molar-refractivity contribution < 1.29 is 14.7 Å². The van der Waals surface area contributed by atoms with E-state index in [1.54, 1.807) is 11.3 Å². The van der Waals surface area contributed by atoms with Gasteiger partial charge in [-0.25, -0.2) is 0 Å². The van der Waals surface area contributed by atoms with E-state index in [0.717, 1.165) is 31.2 Å². The number of nitrogens with zero attached hydrogens (tertiary/aromatic N) is 1. The van der Waals surface area contributed by atoms with Crippen molar-refractivity contribution in [1.82, 2.24) is 4.90 Å². The van der Waals surface area contributed by atoms with Crippen LogP contribution in [0.15, 0.2) is 11.4 Å². The topological polar surface area (TPSA) is 57.6 Å². The zero-order valence-corrected chi connectivity index (χ0v) is 11.9. The monoisotopic (exact) mass is 281 g/mol. The molecule has 1 atom stereocenters. The van der Waals surface area contributed by atoms with Gasteiger partial charge >= 0.3 is 5.97 Å². The standard InChI is InChI=1S/C14H19NO3S/c1-2-7-15(9-13(16)17)14(18)11-4-3-5-12-10(11)6-8-19-12/h6,8,11H,2-5,7,9H2,1H3,(H,16,17). The molecule has 0 aliphatic heterocycles. The van der Waals surface area contributed by atoms with Gasteiger partial charge in [-0.3, -0.25) is 9.59 Å². The van der Waals surface area contributed by atoms with Crippen LogP contribution in [0.5, 0.6) is 0 Å². The fourth-order valence-electron chi connectivity index (χ4n) is 2.66. The Morgan fingerprint density at radius 1 is 1.53 bits per heavy atom. The van der Waals surface area contributed by atoms with Gasteiger partial charge in [-0.1, -0.05) is 6.92 Å². The first-order chi connectivity index (χ1) is 9.13. The minimum absolute atomic E-state index is 0.0244. The molecular formula is C14H19NO3S. The molecule has 1 heterocycles. The lowest BCUT2D eigenvalue weighted by molar-refractivity contribution is -0.145. The van der Waals surface area contributed by atoms with Crippen molar-refractivity contribution >= 4 is 23.2 Å². The van der Waals surface area contributed by atoms with Crippen LogP contribution in [0, 0.1) is 0 Å². The van der Waals surface area contributed by atoms with Gasteiger partial charge in [0.2, 0.25) is 5.91 Å². The number of aryl methyl sites for hydroxylation is 1. The Balaban J connectivity index is 2.16. The Morgan fingerprint density at radius 2 is 2.32 bits per heavy atom. The van der Waals surface area contributed by atoms with Crippen LogP contribution in [0.25, 0.3) is 0 Å². The number of amides is 1. The number of rotatable bonds is 5. The zero-order chi connectivity index (χ0) is 13.8. The molecule has 1 unspecified atom stereocenters. The van der Waals surface area contributed by atoms with Crippen molar-refractivity contribution in [1.29, 1.82) is 0 Å². The molecule has 1 amide bonds. The van der Waals surface area contributed by atoms with Crippen LogP contribution in [-0.4, -0.2) is 35.0 Å². The molecule has 1 aromatic rings. The summed E-state index contributed by atoms with van der Waals surface area (Å²) < 4.78 is 0. The number of thiophene rings is 1. The van der Waals surface area contributed by atoms with Crippen LogP contribution >= 0.6 is 11.3 Å². The highest BCUT2D eigenvalue weighted by atomic mass is 32.1. The third kappa shape index (κ3) is 3.15. The normalized spacial score (nSPS) is 17.8. The minimum atomic E-state index is -0.942. The fourth-order valence-corrected chi connectivity index (χ4v) is 3.65.